The highest BCUT2D eigenvalue weighted by Gasteiger charge is 2.25. The predicted octanol–water partition coefficient (Wildman–Crippen LogP) is 2.13. The van der Waals surface area contributed by atoms with E-state index in [1.54, 1.807) is 0 Å². The molecule has 0 spiro atoms. The molecule has 2 fully saturated rings. The molecule has 0 aromatic carbocycles. The Labute approximate surface area is 123 Å². The lowest BCUT2D eigenvalue weighted by Gasteiger charge is -2.36. The molecule has 1 saturated carbocycles. The van der Waals surface area contributed by atoms with Gasteiger partial charge in [-0.2, -0.15) is 0 Å². The summed E-state index contributed by atoms with van der Waals surface area (Å²) in [4.78, 5) is 16.5. The van der Waals surface area contributed by atoms with Crippen LogP contribution in [0.25, 0.3) is 0 Å². The van der Waals surface area contributed by atoms with E-state index < -0.39 is 0 Å². The summed E-state index contributed by atoms with van der Waals surface area (Å²) >= 11 is 0. The second-order valence-corrected chi connectivity index (χ2v) is 6.73. The lowest BCUT2D eigenvalue weighted by Crippen LogP contribution is -2.49. The predicted molar refractivity (Wildman–Crippen MR) is 80.7 cm³/mol. The van der Waals surface area contributed by atoms with Crippen LogP contribution >= 0.6 is 0 Å². The van der Waals surface area contributed by atoms with Crippen molar-refractivity contribution < 1.29 is 9.53 Å². The van der Waals surface area contributed by atoms with E-state index in [1.807, 2.05) is 11.9 Å². The van der Waals surface area contributed by atoms with E-state index in [9.17, 15) is 4.79 Å². The van der Waals surface area contributed by atoms with E-state index >= 15 is 0 Å². The third-order valence-electron chi connectivity index (χ3n) is 4.54. The molecule has 1 aliphatic heterocycles. The summed E-state index contributed by atoms with van der Waals surface area (Å²) in [6.07, 6.45) is 7.10. The zero-order valence-corrected chi connectivity index (χ0v) is 13.3. The maximum Gasteiger partial charge on any atom is 0.236 e. The summed E-state index contributed by atoms with van der Waals surface area (Å²) in [5.74, 6) is 0.983. The van der Waals surface area contributed by atoms with Crippen molar-refractivity contribution in [3.05, 3.63) is 0 Å². The lowest BCUT2D eigenvalue weighted by atomic mass is 9.89. The number of hydrogen-bond donors (Lipinski definition) is 0. The van der Waals surface area contributed by atoms with Crippen molar-refractivity contribution in [2.75, 3.05) is 33.2 Å². The van der Waals surface area contributed by atoms with Crippen LogP contribution in [0, 0.1) is 5.92 Å². The number of morpholine rings is 1. The molecule has 0 aromatic heterocycles. The number of nitrogens with zero attached hydrogens (tertiary/aromatic N) is 2. The molecule has 2 rings (SSSR count). The molecule has 4 nitrogen and oxygen atoms in total. The molecule has 1 amide bonds. The number of likely N-dealkylation sites (N-methyl/N-ethyl adjacent to an activating group) is 1. The minimum atomic E-state index is 0.232. The number of carbonyl (C=O) groups excluding carboxylic acids is 1. The fourth-order valence-corrected chi connectivity index (χ4v) is 3.58. The molecular weight excluding hydrogens is 252 g/mol. The quantitative estimate of drug-likeness (QED) is 0.792. The molecule has 20 heavy (non-hydrogen) atoms. The van der Waals surface area contributed by atoms with Crippen LogP contribution in [0.15, 0.2) is 0 Å². The minimum Gasteiger partial charge on any atom is -0.373 e. The van der Waals surface area contributed by atoms with Gasteiger partial charge in [-0.3, -0.25) is 9.69 Å². The summed E-state index contributed by atoms with van der Waals surface area (Å²) in [6.45, 7) is 7.38. The summed E-state index contributed by atoms with van der Waals surface area (Å²) in [5, 5.41) is 0. The van der Waals surface area contributed by atoms with Crippen molar-refractivity contribution in [3.8, 4) is 0 Å². The van der Waals surface area contributed by atoms with Gasteiger partial charge in [0.2, 0.25) is 5.91 Å². The van der Waals surface area contributed by atoms with Crippen LogP contribution in [0.4, 0.5) is 0 Å². The van der Waals surface area contributed by atoms with Crippen LogP contribution in [0.2, 0.25) is 0 Å². The van der Waals surface area contributed by atoms with E-state index in [1.165, 1.54) is 32.1 Å². The van der Waals surface area contributed by atoms with Crippen LogP contribution in [-0.2, 0) is 9.53 Å². The summed E-state index contributed by atoms with van der Waals surface area (Å²) < 4.78 is 5.71. The molecule has 0 N–H and O–H groups in total. The molecule has 1 saturated heterocycles. The van der Waals surface area contributed by atoms with Gasteiger partial charge in [0.1, 0.15) is 0 Å². The Balaban J connectivity index is 1.75. The Kier molecular flexibility index (Phi) is 5.85. The molecule has 2 aliphatic rings. The lowest BCUT2D eigenvalue weighted by molar-refractivity contribution is -0.135. The van der Waals surface area contributed by atoms with Crippen molar-refractivity contribution in [2.45, 2.75) is 58.2 Å². The fraction of sp³-hybridized carbons (Fsp3) is 0.938. The number of amides is 1. The van der Waals surface area contributed by atoms with Crippen LogP contribution in [0.1, 0.15) is 46.0 Å². The van der Waals surface area contributed by atoms with Gasteiger partial charge in [-0.15, -0.1) is 0 Å². The summed E-state index contributed by atoms with van der Waals surface area (Å²) in [7, 11) is 1.96. The molecule has 2 atom stereocenters. The Morgan fingerprint density at radius 2 is 1.75 bits per heavy atom. The van der Waals surface area contributed by atoms with E-state index in [-0.39, 0.29) is 18.1 Å². The molecule has 4 heteroatoms. The Morgan fingerprint density at radius 1 is 1.15 bits per heavy atom. The monoisotopic (exact) mass is 282 g/mol. The first-order valence-corrected chi connectivity index (χ1v) is 8.16. The average Bonchev–Trinajstić information content (AvgIpc) is 2.38. The van der Waals surface area contributed by atoms with Crippen molar-refractivity contribution >= 4 is 5.91 Å². The van der Waals surface area contributed by atoms with Gasteiger partial charge < -0.3 is 9.64 Å². The van der Waals surface area contributed by atoms with Crippen molar-refractivity contribution in [2.24, 2.45) is 5.92 Å². The molecule has 2 unspecified atom stereocenters. The first-order valence-electron chi connectivity index (χ1n) is 8.16. The first-order chi connectivity index (χ1) is 9.54. The van der Waals surface area contributed by atoms with Gasteiger partial charge >= 0.3 is 0 Å². The van der Waals surface area contributed by atoms with E-state index in [4.69, 9.17) is 4.74 Å². The molecule has 0 bridgehead atoms. The van der Waals surface area contributed by atoms with Gasteiger partial charge in [0.15, 0.2) is 0 Å². The van der Waals surface area contributed by atoms with Gasteiger partial charge in [0.25, 0.3) is 0 Å². The van der Waals surface area contributed by atoms with Crippen molar-refractivity contribution in [1.82, 2.24) is 9.80 Å². The average molecular weight is 282 g/mol. The molecule has 116 valence electrons. The maximum atomic E-state index is 12.3. The van der Waals surface area contributed by atoms with Crippen molar-refractivity contribution in [3.63, 3.8) is 0 Å². The zero-order chi connectivity index (χ0) is 14.5. The summed E-state index contributed by atoms with van der Waals surface area (Å²) in [6, 6.07) is 0. The third kappa shape index (κ3) is 4.74. The first kappa shape index (κ1) is 15.8. The van der Waals surface area contributed by atoms with Crippen LogP contribution in [0.5, 0.6) is 0 Å². The number of rotatable bonds is 4. The SMILES string of the molecule is CC1CN(CC(=O)N(C)CC2CCCCC2)CC(C)O1. The highest BCUT2D eigenvalue weighted by molar-refractivity contribution is 5.78. The van der Waals surface area contributed by atoms with Gasteiger partial charge in [-0.05, 0) is 32.6 Å². The normalized spacial score (nSPS) is 29.4. The number of hydrogen-bond acceptors (Lipinski definition) is 3. The molecule has 1 heterocycles. The number of ether oxygens (including phenoxy) is 1. The van der Waals surface area contributed by atoms with Crippen molar-refractivity contribution in [1.29, 1.82) is 0 Å². The van der Waals surface area contributed by atoms with Gasteiger partial charge in [-0.25, -0.2) is 0 Å². The van der Waals surface area contributed by atoms with Crippen LogP contribution in [0.3, 0.4) is 0 Å². The summed E-state index contributed by atoms with van der Waals surface area (Å²) in [5.41, 5.74) is 0. The molecule has 1 aliphatic carbocycles. The topological polar surface area (TPSA) is 32.8 Å². The van der Waals surface area contributed by atoms with E-state index in [2.05, 4.69) is 18.7 Å². The van der Waals surface area contributed by atoms with Gasteiger partial charge in [-0.1, -0.05) is 19.3 Å². The molecular formula is C16H30N2O2. The van der Waals surface area contributed by atoms with Gasteiger partial charge in [0, 0.05) is 26.7 Å². The highest BCUT2D eigenvalue weighted by Crippen LogP contribution is 2.24. The fourth-order valence-electron chi connectivity index (χ4n) is 3.58. The highest BCUT2D eigenvalue weighted by atomic mass is 16.5. The molecule has 0 aromatic rings. The molecule has 0 radical (unpaired) electrons. The van der Waals surface area contributed by atoms with E-state index in [0.717, 1.165) is 25.6 Å². The Hall–Kier alpha value is -0.610. The number of carbonyl (C=O) groups is 1. The van der Waals surface area contributed by atoms with E-state index in [0.29, 0.717) is 6.54 Å². The minimum absolute atomic E-state index is 0.232. The smallest absolute Gasteiger partial charge is 0.236 e. The van der Waals surface area contributed by atoms with Crippen LogP contribution < -0.4 is 0 Å². The van der Waals surface area contributed by atoms with Crippen LogP contribution in [-0.4, -0.2) is 61.1 Å². The second-order valence-electron chi connectivity index (χ2n) is 6.73. The largest absolute Gasteiger partial charge is 0.373 e. The van der Waals surface area contributed by atoms with Gasteiger partial charge in [0.05, 0.1) is 18.8 Å². The standard InChI is InChI=1S/C16H30N2O2/c1-13-9-18(10-14(2)20-13)12-16(19)17(3)11-15-7-5-4-6-8-15/h13-15H,4-12H2,1-3H3. The Bertz CT molecular complexity index is 306. The second kappa shape index (κ2) is 7.41. The third-order valence-corrected chi connectivity index (χ3v) is 4.54. The maximum absolute atomic E-state index is 12.3. The Morgan fingerprint density at radius 3 is 2.35 bits per heavy atom. The zero-order valence-electron chi connectivity index (χ0n) is 13.3.